The molecule has 1 aliphatic heterocycles. The molecule has 1 N–H and O–H groups in total. The Morgan fingerprint density at radius 2 is 1.78 bits per heavy atom. The van der Waals surface area contributed by atoms with Gasteiger partial charge < -0.3 is 10.1 Å². The van der Waals surface area contributed by atoms with Crippen LogP contribution in [-0.2, 0) is 11.3 Å². The number of hydrogen-bond acceptors (Lipinski definition) is 4. The fraction of sp³-hybridized carbons (Fsp3) is 0.0952. The number of carbonyl (C=O) groups excluding carboxylic acids is 2. The van der Waals surface area contributed by atoms with E-state index in [0.717, 1.165) is 5.56 Å². The molecular weight excluding hydrogens is 342 g/mol. The van der Waals surface area contributed by atoms with Crippen LogP contribution in [-0.4, -0.2) is 23.3 Å². The van der Waals surface area contributed by atoms with E-state index in [-0.39, 0.29) is 24.2 Å². The number of hydrogen-bond donors (Lipinski definition) is 1. The molecule has 1 aliphatic rings. The molecule has 0 unspecified atom stereocenters. The summed E-state index contributed by atoms with van der Waals surface area (Å²) in [6.07, 6.45) is 1.57. The summed E-state index contributed by atoms with van der Waals surface area (Å²) < 4.78 is 5.81. The van der Waals surface area contributed by atoms with Gasteiger partial charge in [-0.1, -0.05) is 42.5 Å². The Morgan fingerprint density at radius 1 is 1.00 bits per heavy atom. The molecule has 2 amide bonds. The van der Waals surface area contributed by atoms with Gasteiger partial charge in [0.1, 0.15) is 12.1 Å². The number of aromatic nitrogens is 1. The van der Waals surface area contributed by atoms with Crippen molar-refractivity contribution in [2.45, 2.75) is 6.54 Å². The first-order chi connectivity index (χ1) is 13.2. The lowest BCUT2D eigenvalue weighted by molar-refractivity contribution is -0.119. The Morgan fingerprint density at radius 3 is 2.63 bits per heavy atom. The Kier molecular flexibility index (Phi) is 4.53. The zero-order valence-electron chi connectivity index (χ0n) is 14.5. The van der Waals surface area contributed by atoms with Gasteiger partial charge in [-0.05, 0) is 29.8 Å². The molecular formula is C21H17N3O3. The predicted octanol–water partition coefficient (Wildman–Crippen LogP) is 3.15. The van der Waals surface area contributed by atoms with Crippen LogP contribution in [0.3, 0.4) is 0 Å². The number of fused-ring (bicyclic) bond motifs is 2. The first-order valence-corrected chi connectivity index (χ1v) is 8.57. The van der Waals surface area contributed by atoms with E-state index >= 15 is 0 Å². The molecule has 0 radical (unpaired) electrons. The maximum Gasteiger partial charge on any atom is 0.264 e. The summed E-state index contributed by atoms with van der Waals surface area (Å²) in [4.78, 5) is 31.1. The molecule has 0 atom stereocenters. The average Bonchev–Trinajstić information content (AvgIpc) is 2.82. The molecule has 27 heavy (non-hydrogen) atoms. The number of ether oxygens (including phenoxy) is 1. The largest absolute Gasteiger partial charge is 0.436 e. The van der Waals surface area contributed by atoms with Crippen molar-refractivity contribution in [3.63, 3.8) is 0 Å². The Balaban J connectivity index is 1.59. The second-order valence-corrected chi connectivity index (χ2v) is 6.08. The smallest absolute Gasteiger partial charge is 0.264 e. The molecule has 6 heteroatoms. The molecule has 1 aromatic heterocycles. The van der Waals surface area contributed by atoms with Crippen LogP contribution in [0.25, 0.3) is 0 Å². The first kappa shape index (κ1) is 16.8. The normalized spacial score (nSPS) is 12.4. The lowest BCUT2D eigenvalue weighted by Gasteiger charge is -2.21. The van der Waals surface area contributed by atoms with E-state index in [4.69, 9.17) is 4.74 Å². The van der Waals surface area contributed by atoms with Gasteiger partial charge in [-0.15, -0.1) is 0 Å². The molecule has 0 saturated heterocycles. The van der Waals surface area contributed by atoms with Gasteiger partial charge in [0.15, 0.2) is 5.75 Å². The molecule has 0 spiro atoms. The van der Waals surface area contributed by atoms with Crippen molar-refractivity contribution in [2.24, 2.45) is 0 Å². The molecule has 6 nitrogen and oxygen atoms in total. The van der Waals surface area contributed by atoms with Gasteiger partial charge in [0.25, 0.3) is 5.91 Å². The molecule has 2 heterocycles. The number of nitrogens with zero attached hydrogens (tertiary/aromatic N) is 2. The van der Waals surface area contributed by atoms with Gasteiger partial charge in [0.05, 0.1) is 5.69 Å². The number of carbonyl (C=O) groups is 2. The van der Waals surface area contributed by atoms with E-state index in [1.807, 2.05) is 36.4 Å². The number of amides is 2. The highest BCUT2D eigenvalue weighted by molar-refractivity contribution is 6.11. The topological polar surface area (TPSA) is 71.5 Å². The van der Waals surface area contributed by atoms with Gasteiger partial charge in [-0.2, -0.15) is 0 Å². The first-order valence-electron chi connectivity index (χ1n) is 8.57. The van der Waals surface area contributed by atoms with Crippen LogP contribution in [0.1, 0.15) is 15.9 Å². The highest BCUT2D eigenvalue weighted by Crippen LogP contribution is 2.37. The third kappa shape index (κ3) is 3.50. The number of rotatable bonds is 4. The molecule has 0 saturated carbocycles. The zero-order valence-corrected chi connectivity index (χ0v) is 14.5. The molecule has 4 rings (SSSR count). The summed E-state index contributed by atoms with van der Waals surface area (Å²) in [5, 5.41) is 2.85. The fourth-order valence-electron chi connectivity index (χ4n) is 2.91. The van der Waals surface area contributed by atoms with Crippen LogP contribution in [0.2, 0.25) is 0 Å². The highest BCUT2D eigenvalue weighted by Gasteiger charge is 2.30. The van der Waals surface area contributed by atoms with Gasteiger partial charge >= 0.3 is 0 Å². The summed E-state index contributed by atoms with van der Waals surface area (Å²) in [7, 11) is 0. The number of pyridine rings is 1. The van der Waals surface area contributed by atoms with Crippen LogP contribution in [0, 0.1) is 0 Å². The highest BCUT2D eigenvalue weighted by atomic mass is 16.5. The predicted molar refractivity (Wildman–Crippen MR) is 101 cm³/mol. The molecule has 2 aromatic carbocycles. The minimum atomic E-state index is -0.321. The molecule has 0 fully saturated rings. The second kappa shape index (κ2) is 7.29. The summed E-state index contributed by atoms with van der Waals surface area (Å²) in [6, 6.07) is 20.0. The summed E-state index contributed by atoms with van der Waals surface area (Å²) in [5.41, 5.74) is 1.85. The van der Waals surface area contributed by atoms with Crippen molar-refractivity contribution in [3.8, 4) is 11.6 Å². The molecule has 0 aliphatic carbocycles. The number of para-hydroxylation sites is 2. The van der Waals surface area contributed by atoms with Gasteiger partial charge in [0.2, 0.25) is 11.8 Å². The number of benzene rings is 2. The van der Waals surface area contributed by atoms with E-state index in [1.165, 1.54) is 4.90 Å². The van der Waals surface area contributed by atoms with Gasteiger partial charge in [0, 0.05) is 12.7 Å². The van der Waals surface area contributed by atoms with E-state index in [0.29, 0.717) is 23.5 Å². The zero-order chi connectivity index (χ0) is 18.6. The Hall–Kier alpha value is -3.67. The van der Waals surface area contributed by atoms with Crippen LogP contribution < -0.4 is 15.0 Å². The SMILES string of the molecule is O=C(CN1C(=O)c2cccnc2Oc2ccccc21)NCc1ccccc1. The Labute approximate surface area is 156 Å². The van der Waals surface area contributed by atoms with Gasteiger partial charge in [-0.3, -0.25) is 14.5 Å². The summed E-state index contributed by atoms with van der Waals surface area (Å²) >= 11 is 0. The van der Waals surface area contributed by atoms with Crippen LogP contribution in [0.15, 0.2) is 72.9 Å². The summed E-state index contributed by atoms with van der Waals surface area (Å²) in [5.74, 6) is 0.147. The van der Waals surface area contributed by atoms with Crippen LogP contribution >= 0.6 is 0 Å². The maximum atomic E-state index is 13.0. The minimum absolute atomic E-state index is 0.111. The van der Waals surface area contributed by atoms with Crippen LogP contribution in [0.5, 0.6) is 11.6 Å². The van der Waals surface area contributed by atoms with Crippen molar-refractivity contribution in [3.05, 3.63) is 84.1 Å². The van der Waals surface area contributed by atoms with Crippen molar-refractivity contribution >= 4 is 17.5 Å². The quantitative estimate of drug-likeness (QED) is 0.777. The monoisotopic (exact) mass is 359 g/mol. The van der Waals surface area contributed by atoms with E-state index in [1.54, 1.807) is 36.5 Å². The molecule has 3 aromatic rings. The third-order valence-electron chi connectivity index (χ3n) is 4.24. The van der Waals surface area contributed by atoms with Crippen molar-refractivity contribution in [1.82, 2.24) is 10.3 Å². The van der Waals surface area contributed by atoms with E-state index in [9.17, 15) is 9.59 Å². The van der Waals surface area contributed by atoms with E-state index in [2.05, 4.69) is 10.3 Å². The maximum absolute atomic E-state index is 13.0. The molecule has 134 valence electrons. The van der Waals surface area contributed by atoms with Crippen molar-refractivity contribution < 1.29 is 14.3 Å². The standard InChI is InChI=1S/C21H17N3O3/c25-19(23-13-15-7-2-1-3-8-15)14-24-17-10-4-5-11-18(17)27-20-16(21(24)26)9-6-12-22-20/h1-12H,13-14H2,(H,23,25). The summed E-state index contributed by atoms with van der Waals surface area (Å²) in [6.45, 7) is 0.290. The second-order valence-electron chi connectivity index (χ2n) is 6.08. The van der Waals surface area contributed by atoms with E-state index < -0.39 is 0 Å². The molecule has 0 bridgehead atoms. The average molecular weight is 359 g/mol. The lowest BCUT2D eigenvalue weighted by atomic mass is 10.2. The van der Waals surface area contributed by atoms with Crippen molar-refractivity contribution in [1.29, 1.82) is 0 Å². The number of nitrogens with one attached hydrogen (secondary N) is 1. The lowest BCUT2D eigenvalue weighted by Crippen LogP contribution is -2.40. The van der Waals surface area contributed by atoms with Crippen molar-refractivity contribution in [2.75, 3.05) is 11.4 Å². The minimum Gasteiger partial charge on any atom is -0.436 e. The third-order valence-corrected chi connectivity index (χ3v) is 4.24. The van der Waals surface area contributed by atoms with Crippen LogP contribution in [0.4, 0.5) is 5.69 Å². The Bertz CT molecular complexity index is 989. The number of anilines is 1. The fourth-order valence-corrected chi connectivity index (χ4v) is 2.91. The van der Waals surface area contributed by atoms with Gasteiger partial charge in [-0.25, -0.2) is 4.98 Å².